The Morgan fingerprint density at radius 2 is 1.18 bits per heavy atom. The molecule has 0 heterocycles. The molecular formula is C36H34Cl2O5S2. The molecule has 5 nitrogen and oxygen atoms in total. The van der Waals surface area contributed by atoms with Gasteiger partial charge in [0.25, 0.3) is 0 Å². The molecule has 0 aliphatic heterocycles. The van der Waals surface area contributed by atoms with Crippen molar-refractivity contribution in [1.82, 2.24) is 0 Å². The molecule has 2 fully saturated rings. The number of hydrogen-bond donors (Lipinski definition) is 0. The Morgan fingerprint density at radius 1 is 0.600 bits per heavy atom. The maximum absolute atomic E-state index is 14.7. The van der Waals surface area contributed by atoms with Crippen LogP contribution in [-0.2, 0) is 24.5 Å². The monoisotopic (exact) mass is 680 g/mol. The minimum Gasteiger partial charge on any atom is -0.299 e. The van der Waals surface area contributed by atoms with Crippen molar-refractivity contribution in [2.45, 2.75) is 65.2 Å². The fourth-order valence-corrected chi connectivity index (χ4v) is 12.0. The number of carbonyl (C=O) groups excluding carboxylic acids is 1. The molecule has 0 amide bonds. The number of fused-ring (bicyclic) bond motifs is 1. The first-order valence-electron chi connectivity index (χ1n) is 15.0. The molecule has 6 atom stereocenters. The molecule has 234 valence electrons. The first kappa shape index (κ1) is 32.0. The predicted molar refractivity (Wildman–Crippen MR) is 179 cm³/mol. The molecule has 4 aromatic carbocycles. The standard InChI is InChI=1S/C36H34Cl2O5S2/c1-22-6-10-24(11-7-22)30-19-33-32(21-35(30)44(40,41)28-16-12-26(37)13-17-28)34(39)20-31(25-4-3-5-27(38)18-25)36(33)45(42,43)29-14-8-23(2)9-15-29/h3-18,30-33,35-36H,19-21H2,1-2H3/t30?,31?,32-,33?,35?,36?/m1/s1. The Labute approximate surface area is 275 Å². The smallest absolute Gasteiger partial charge is 0.182 e. The minimum atomic E-state index is -3.96. The molecule has 0 saturated heterocycles. The summed E-state index contributed by atoms with van der Waals surface area (Å²) in [7, 11) is -7.88. The lowest BCUT2D eigenvalue weighted by Crippen LogP contribution is -2.53. The van der Waals surface area contributed by atoms with E-state index in [4.69, 9.17) is 23.2 Å². The van der Waals surface area contributed by atoms with Crippen LogP contribution < -0.4 is 0 Å². The quantitative estimate of drug-likeness (QED) is 0.205. The van der Waals surface area contributed by atoms with E-state index in [0.29, 0.717) is 15.6 Å². The molecule has 0 bridgehead atoms. The van der Waals surface area contributed by atoms with E-state index in [1.54, 1.807) is 54.6 Å². The normalized spacial score (nSPS) is 25.5. The molecule has 9 heteroatoms. The Morgan fingerprint density at radius 3 is 1.80 bits per heavy atom. The molecule has 2 aliphatic rings. The molecular weight excluding hydrogens is 647 g/mol. The van der Waals surface area contributed by atoms with Crippen LogP contribution in [0.2, 0.25) is 10.0 Å². The number of halogens is 2. The Balaban J connectivity index is 1.51. The highest BCUT2D eigenvalue weighted by Crippen LogP contribution is 2.54. The van der Waals surface area contributed by atoms with E-state index < -0.39 is 53.8 Å². The van der Waals surface area contributed by atoms with Gasteiger partial charge in [0.05, 0.1) is 20.3 Å². The zero-order valence-corrected chi connectivity index (χ0v) is 28.1. The predicted octanol–water partition coefficient (Wildman–Crippen LogP) is 8.16. The molecule has 6 rings (SSSR count). The van der Waals surface area contributed by atoms with Gasteiger partial charge in [-0.15, -0.1) is 0 Å². The number of benzene rings is 4. The van der Waals surface area contributed by atoms with E-state index in [9.17, 15) is 21.6 Å². The van der Waals surface area contributed by atoms with Crippen molar-refractivity contribution in [3.63, 3.8) is 0 Å². The summed E-state index contributed by atoms with van der Waals surface area (Å²) in [6.45, 7) is 3.86. The van der Waals surface area contributed by atoms with Crippen molar-refractivity contribution >= 4 is 48.7 Å². The highest BCUT2D eigenvalue weighted by molar-refractivity contribution is 7.92. The third kappa shape index (κ3) is 6.12. The topological polar surface area (TPSA) is 85.3 Å². The second-order valence-electron chi connectivity index (χ2n) is 12.5. The van der Waals surface area contributed by atoms with Crippen molar-refractivity contribution in [3.8, 4) is 0 Å². The highest BCUT2D eigenvalue weighted by Gasteiger charge is 2.56. The van der Waals surface area contributed by atoms with Crippen LogP contribution in [0.5, 0.6) is 0 Å². The largest absolute Gasteiger partial charge is 0.299 e. The van der Waals surface area contributed by atoms with Crippen molar-refractivity contribution in [2.24, 2.45) is 11.8 Å². The number of ketones is 1. The second-order valence-corrected chi connectivity index (χ2v) is 17.6. The summed E-state index contributed by atoms with van der Waals surface area (Å²) in [4.78, 5) is 14.4. The van der Waals surface area contributed by atoms with Crippen LogP contribution in [0.3, 0.4) is 0 Å². The molecule has 0 N–H and O–H groups in total. The van der Waals surface area contributed by atoms with Crippen LogP contribution in [0.25, 0.3) is 0 Å². The summed E-state index contributed by atoms with van der Waals surface area (Å²) >= 11 is 12.5. The van der Waals surface area contributed by atoms with E-state index in [1.165, 1.54) is 12.1 Å². The summed E-state index contributed by atoms with van der Waals surface area (Å²) < 4.78 is 57.9. The number of sulfone groups is 2. The lowest BCUT2D eigenvalue weighted by atomic mass is 9.61. The first-order chi connectivity index (χ1) is 21.4. The summed E-state index contributed by atoms with van der Waals surface area (Å²) in [5.74, 6) is -2.62. The van der Waals surface area contributed by atoms with Gasteiger partial charge in [0, 0.05) is 34.2 Å². The second kappa shape index (κ2) is 12.3. The molecule has 0 aromatic heterocycles. The Kier molecular flexibility index (Phi) is 8.76. The molecule has 45 heavy (non-hydrogen) atoms. The van der Waals surface area contributed by atoms with E-state index in [0.717, 1.165) is 16.7 Å². The lowest BCUT2D eigenvalue weighted by molar-refractivity contribution is -0.128. The average Bonchev–Trinajstić information content (AvgIpc) is 3.01. The number of rotatable bonds is 6. The fourth-order valence-electron chi connectivity index (χ4n) is 7.40. The molecule has 4 aromatic rings. The van der Waals surface area contributed by atoms with Crippen LogP contribution in [0.1, 0.15) is 53.4 Å². The summed E-state index contributed by atoms with van der Waals surface area (Å²) in [5, 5.41) is -0.985. The van der Waals surface area contributed by atoms with Crippen LogP contribution in [0.4, 0.5) is 0 Å². The number of hydrogen-bond acceptors (Lipinski definition) is 5. The SMILES string of the molecule is Cc1ccc(C2CC3C(S(=O)(=O)c4ccc(C)cc4)C(c4cccc(Cl)c4)CC(=O)[C@@H]3CC2S(=O)(=O)c2ccc(Cl)cc2)cc1. The average molecular weight is 682 g/mol. The summed E-state index contributed by atoms with van der Waals surface area (Å²) in [5.41, 5.74) is 3.46. The van der Waals surface area contributed by atoms with E-state index >= 15 is 0 Å². The van der Waals surface area contributed by atoms with Crippen molar-refractivity contribution < 1.29 is 21.6 Å². The van der Waals surface area contributed by atoms with Crippen LogP contribution in [0, 0.1) is 25.7 Å². The zero-order valence-electron chi connectivity index (χ0n) is 24.9. The van der Waals surface area contributed by atoms with Gasteiger partial charge in [-0.2, -0.15) is 0 Å². The maximum atomic E-state index is 14.7. The molecule has 2 aliphatic carbocycles. The van der Waals surface area contributed by atoms with Gasteiger partial charge < -0.3 is 0 Å². The molecule has 5 unspecified atom stereocenters. The number of aryl methyl sites for hydroxylation is 2. The maximum Gasteiger partial charge on any atom is 0.182 e. The van der Waals surface area contributed by atoms with Gasteiger partial charge >= 0.3 is 0 Å². The fraction of sp³-hybridized carbons (Fsp3) is 0.306. The Bertz CT molecular complexity index is 1940. The summed E-state index contributed by atoms with van der Waals surface area (Å²) in [6, 6.07) is 27.7. The van der Waals surface area contributed by atoms with Crippen LogP contribution in [-0.4, -0.2) is 33.1 Å². The van der Waals surface area contributed by atoms with Crippen LogP contribution >= 0.6 is 23.2 Å². The van der Waals surface area contributed by atoms with Crippen molar-refractivity contribution in [3.05, 3.63) is 129 Å². The number of Topliss-reactive ketones (excluding diaryl/α,β-unsaturated/α-hetero) is 1. The first-order valence-corrected chi connectivity index (χ1v) is 18.9. The van der Waals surface area contributed by atoms with Crippen LogP contribution in [0.15, 0.2) is 107 Å². The Hall–Kier alpha value is -2.97. The van der Waals surface area contributed by atoms with Gasteiger partial charge in [-0.3, -0.25) is 4.79 Å². The van der Waals surface area contributed by atoms with Gasteiger partial charge in [-0.25, -0.2) is 16.8 Å². The van der Waals surface area contributed by atoms with E-state index in [1.807, 2.05) is 44.2 Å². The minimum absolute atomic E-state index is 0.0137. The molecule has 0 spiro atoms. The van der Waals surface area contributed by atoms with E-state index in [2.05, 4.69) is 0 Å². The highest BCUT2D eigenvalue weighted by atomic mass is 35.5. The van der Waals surface area contributed by atoms with Gasteiger partial charge in [0.1, 0.15) is 5.78 Å². The zero-order chi connectivity index (χ0) is 32.1. The van der Waals surface area contributed by atoms with Crippen molar-refractivity contribution in [1.29, 1.82) is 0 Å². The molecule has 0 radical (unpaired) electrons. The van der Waals surface area contributed by atoms with Gasteiger partial charge in [-0.1, -0.05) is 82.9 Å². The molecule has 2 saturated carbocycles. The van der Waals surface area contributed by atoms with Gasteiger partial charge in [0.2, 0.25) is 0 Å². The lowest BCUT2D eigenvalue weighted by Gasteiger charge is -2.48. The van der Waals surface area contributed by atoms with Gasteiger partial charge in [-0.05, 0) is 92.3 Å². The third-order valence-corrected chi connectivity index (χ3v) is 14.7. The third-order valence-electron chi connectivity index (χ3n) is 9.66. The summed E-state index contributed by atoms with van der Waals surface area (Å²) in [6.07, 6.45) is 0.249. The van der Waals surface area contributed by atoms with E-state index in [-0.39, 0.29) is 34.8 Å². The van der Waals surface area contributed by atoms with Gasteiger partial charge in [0.15, 0.2) is 19.7 Å². The van der Waals surface area contributed by atoms with Crippen molar-refractivity contribution in [2.75, 3.05) is 0 Å². The number of carbonyl (C=O) groups is 1.